The average Bonchev–Trinajstić information content (AvgIpc) is 3.17. The molecule has 0 bridgehead atoms. The van der Waals surface area contributed by atoms with Crippen molar-refractivity contribution in [2.24, 2.45) is 0 Å². The van der Waals surface area contributed by atoms with E-state index < -0.39 is 6.10 Å². The zero-order valence-electron chi connectivity index (χ0n) is 14.5. The predicted molar refractivity (Wildman–Crippen MR) is 102 cm³/mol. The average molecular weight is 358 g/mol. The molecule has 27 heavy (non-hydrogen) atoms. The Kier molecular flexibility index (Phi) is 4.63. The van der Waals surface area contributed by atoms with E-state index in [2.05, 4.69) is 15.1 Å². The van der Waals surface area contributed by atoms with E-state index in [-0.39, 0.29) is 0 Å². The lowest BCUT2D eigenvalue weighted by Crippen LogP contribution is -2.02. The predicted octanol–water partition coefficient (Wildman–Crippen LogP) is 3.39. The molecule has 1 atom stereocenters. The Morgan fingerprint density at radius 3 is 2.52 bits per heavy atom. The lowest BCUT2D eigenvalue weighted by molar-refractivity contribution is 0.215. The van der Waals surface area contributed by atoms with Gasteiger partial charge >= 0.3 is 0 Å². The van der Waals surface area contributed by atoms with Gasteiger partial charge in [0.1, 0.15) is 11.9 Å². The molecule has 0 spiro atoms. The van der Waals surface area contributed by atoms with Crippen LogP contribution in [0.25, 0.3) is 11.3 Å². The second kappa shape index (κ2) is 7.39. The topological polar surface area (TPSA) is 98.1 Å². The summed E-state index contributed by atoms with van der Waals surface area (Å²) in [6, 6.07) is 18.7. The molecule has 0 saturated carbocycles. The van der Waals surface area contributed by atoms with Gasteiger partial charge in [0.25, 0.3) is 0 Å². The highest BCUT2D eigenvalue weighted by Crippen LogP contribution is 2.26. The van der Waals surface area contributed by atoms with Gasteiger partial charge in [-0.05, 0) is 35.4 Å². The number of aromatic nitrogens is 3. The number of nitrogen functional groups attached to an aromatic ring is 1. The third kappa shape index (κ3) is 3.70. The SMILES string of the molecule is Nc1ncccc1-c1cc(Cc2ccc(C(O)c3ccccn3)cc2)no1. The first-order valence-electron chi connectivity index (χ1n) is 8.55. The number of aliphatic hydroxyl groups is 1. The first-order valence-corrected chi connectivity index (χ1v) is 8.55. The van der Waals surface area contributed by atoms with Gasteiger partial charge in [-0.2, -0.15) is 0 Å². The van der Waals surface area contributed by atoms with Crippen LogP contribution in [0.5, 0.6) is 0 Å². The van der Waals surface area contributed by atoms with Crippen LogP contribution in [0.4, 0.5) is 5.82 Å². The highest BCUT2D eigenvalue weighted by atomic mass is 16.5. The fraction of sp³-hybridized carbons (Fsp3) is 0.0952. The molecule has 4 aromatic rings. The minimum Gasteiger partial charge on any atom is -0.383 e. The molecule has 0 saturated heterocycles. The number of aliphatic hydroxyl groups excluding tert-OH is 1. The molecule has 0 amide bonds. The molecule has 3 heterocycles. The molecule has 0 aliphatic heterocycles. The molecular weight excluding hydrogens is 340 g/mol. The van der Waals surface area contributed by atoms with Crippen molar-refractivity contribution in [1.82, 2.24) is 15.1 Å². The van der Waals surface area contributed by atoms with Gasteiger partial charge in [0.2, 0.25) is 0 Å². The highest BCUT2D eigenvalue weighted by molar-refractivity contribution is 5.69. The first-order chi connectivity index (χ1) is 13.2. The van der Waals surface area contributed by atoms with Crippen LogP contribution in [-0.2, 0) is 6.42 Å². The normalized spacial score (nSPS) is 12.0. The summed E-state index contributed by atoms with van der Waals surface area (Å²) in [7, 11) is 0. The summed E-state index contributed by atoms with van der Waals surface area (Å²) >= 11 is 0. The third-order valence-corrected chi connectivity index (χ3v) is 4.31. The van der Waals surface area contributed by atoms with Crippen molar-refractivity contribution in [2.45, 2.75) is 12.5 Å². The summed E-state index contributed by atoms with van der Waals surface area (Å²) in [4.78, 5) is 8.26. The van der Waals surface area contributed by atoms with E-state index in [9.17, 15) is 5.11 Å². The maximum atomic E-state index is 10.4. The second-order valence-corrected chi connectivity index (χ2v) is 6.19. The van der Waals surface area contributed by atoms with E-state index in [4.69, 9.17) is 10.3 Å². The number of nitrogens with two attached hydrogens (primary N) is 1. The summed E-state index contributed by atoms with van der Waals surface area (Å²) in [5.41, 5.74) is 9.88. The van der Waals surface area contributed by atoms with Gasteiger partial charge in [-0.3, -0.25) is 4.98 Å². The molecule has 4 rings (SSSR count). The van der Waals surface area contributed by atoms with Gasteiger partial charge in [-0.15, -0.1) is 0 Å². The molecule has 1 unspecified atom stereocenters. The quantitative estimate of drug-likeness (QED) is 0.567. The minimum atomic E-state index is -0.743. The Morgan fingerprint density at radius 2 is 1.78 bits per heavy atom. The molecule has 6 heteroatoms. The van der Waals surface area contributed by atoms with Crippen LogP contribution in [0.2, 0.25) is 0 Å². The van der Waals surface area contributed by atoms with Gasteiger partial charge < -0.3 is 15.4 Å². The monoisotopic (exact) mass is 358 g/mol. The summed E-state index contributed by atoms with van der Waals surface area (Å²) in [6.45, 7) is 0. The molecule has 0 aliphatic carbocycles. The van der Waals surface area contributed by atoms with Crippen molar-refractivity contribution < 1.29 is 9.63 Å². The molecule has 3 aromatic heterocycles. The Morgan fingerprint density at radius 1 is 0.963 bits per heavy atom. The molecule has 1 aromatic carbocycles. The van der Waals surface area contributed by atoms with E-state index in [1.54, 1.807) is 24.5 Å². The number of hydrogen-bond acceptors (Lipinski definition) is 6. The van der Waals surface area contributed by atoms with Gasteiger partial charge in [-0.25, -0.2) is 4.98 Å². The van der Waals surface area contributed by atoms with Gasteiger partial charge in [0.15, 0.2) is 5.76 Å². The number of hydrogen-bond donors (Lipinski definition) is 2. The van der Waals surface area contributed by atoms with E-state index in [1.807, 2.05) is 48.5 Å². The molecule has 134 valence electrons. The maximum absolute atomic E-state index is 10.4. The zero-order valence-corrected chi connectivity index (χ0v) is 14.5. The molecule has 0 aliphatic rings. The lowest BCUT2D eigenvalue weighted by Gasteiger charge is -2.10. The largest absolute Gasteiger partial charge is 0.383 e. The Bertz CT molecular complexity index is 1030. The Balaban J connectivity index is 1.49. The summed E-state index contributed by atoms with van der Waals surface area (Å²) in [6.07, 6.45) is 3.18. The standard InChI is InChI=1S/C21H18N4O2/c22-21-17(4-3-11-24-21)19-13-16(25-27-19)12-14-6-8-15(9-7-14)20(26)18-5-1-2-10-23-18/h1-11,13,20,26H,12H2,(H2,22,24). The molecule has 0 radical (unpaired) electrons. The van der Waals surface area contributed by atoms with Crippen LogP contribution in [0.3, 0.4) is 0 Å². The Hall–Kier alpha value is -3.51. The van der Waals surface area contributed by atoms with Crippen molar-refractivity contribution in [3.05, 3.63) is 95.6 Å². The van der Waals surface area contributed by atoms with Crippen LogP contribution >= 0.6 is 0 Å². The van der Waals surface area contributed by atoms with E-state index in [0.717, 1.165) is 22.4 Å². The van der Waals surface area contributed by atoms with Crippen molar-refractivity contribution in [3.8, 4) is 11.3 Å². The summed E-state index contributed by atoms with van der Waals surface area (Å²) in [5, 5.41) is 14.5. The van der Waals surface area contributed by atoms with Crippen LogP contribution in [0, 0.1) is 0 Å². The molecule has 3 N–H and O–H groups in total. The fourth-order valence-electron chi connectivity index (χ4n) is 2.88. The van der Waals surface area contributed by atoms with E-state index >= 15 is 0 Å². The van der Waals surface area contributed by atoms with Crippen molar-refractivity contribution in [1.29, 1.82) is 0 Å². The minimum absolute atomic E-state index is 0.410. The molecular formula is C21H18N4O2. The first kappa shape index (κ1) is 16.9. The maximum Gasteiger partial charge on any atom is 0.170 e. The number of anilines is 1. The summed E-state index contributed by atoms with van der Waals surface area (Å²) < 4.78 is 5.41. The highest BCUT2D eigenvalue weighted by Gasteiger charge is 2.13. The smallest absolute Gasteiger partial charge is 0.170 e. The lowest BCUT2D eigenvalue weighted by atomic mass is 10.0. The third-order valence-electron chi connectivity index (χ3n) is 4.31. The van der Waals surface area contributed by atoms with E-state index in [0.29, 0.717) is 23.7 Å². The summed E-state index contributed by atoms with van der Waals surface area (Å²) in [5.74, 6) is 1.01. The fourth-order valence-corrected chi connectivity index (χ4v) is 2.88. The van der Waals surface area contributed by atoms with E-state index in [1.165, 1.54) is 0 Å². The van der Waals surface area contributed by atoms with Crippen LogP contribution in [-0.4, -0.2) is 20.2 Å². The van der Waals surface area contributed by atoms with Crippen LogP contribution in [0.1, 0.15) is 28.6 Å². The van der Waals surface area contributed by atoms with Gasteiger partial charge in [0, 0.05) is 24.9 Å². The number of nitrogens with zero attached hydrogens (tertiary/aromatic N) is 3. The zero-order chi connectivity index (χ0) is 18.6. The van der Waals surface area contributed by atoms with Crippen molar-refractivity contribution >= 4 is 5.82 Å². The number of benzene rings is 1. The Labute approximate surface area is 156 Å². The van der Waals surface area contributed by atoms with Crippen molar-refractivity contribution in [2.75, 3.05) is 5.73 Å². The number of rotatable bonds is 5. The van der Waals surface area contributed by atoms with Gasteiger partial charge in [0.05, 0.1) is 17.0 Å². The van der Waals surface area contributed by atoms with Gasteiger partial charge in [-0.1, -0.05) is 35.5 Å². The van der Waals surface area contributed by atoms with Crippen molar-refractivity contribution in [3.63, 3.8) is 0 Å². The number of pyridine rings is 2. The molecule has 6 nitrogen and oxygen atoms in total. The second-order valence-electron chi connectivity index (χ2n) is 6.19. The molecule has 0 fully saturated rings. The van der Waals surface area contributed by atoms with Crippen LogP contribution in [0.15, 0.2) is 77.6 Å². The van der Waals surface area contributed by atoms with Crippen LogP contribution < -0.4 is 5.73 Å².